The fourth-order valence-corrected chi connectivity index (χ4v) is 4.65. The standard InChI is InChI=1S/C24H19N3O7S/c1-32-22(29)12-27-23(30)20(35-24(27)31)8-14-10-26(17-5-3-2-4-16(14)17)11-21(28)25-15-6-7-18-19(9-15)34-13-33-18/h2-10H,11-13H2,1H3,(H,25,28)/b20-8+. The van der Waals surface area contributed by atoms with Gasteiger partial charge in [0.2, 0.25) is 12.7 Å². The monoisotopic (exact) mass is 493 g/mol. The van der Waals surface area contributed by atoms with Gasteiger partial charge in [-0.25, -0.2) is 0 Å². The molecule has 0 aliphatic carbocycles. The van der Waals surface area contributed by atoms with Gasteiger partial charge in [0, 0.05) is 34.4 Å². The predicted octanol–water partition coefficient (Wildman–Crippen LogP) is 3.22. The molecule has 35 heavy (non-hydrogen) atoms. The lowest BCUT2D eigenvalue weighted by molar-refractivity contribution is -0.143. The Labute approximate surface area is 203 Å². The summed E-state index contributed by atoms with van der Waals surface area (Å²) in [6.45, 7) is -0.278. The maximum Gasteiger partial charge on any atom is 0.325 e. The van der Waals surface area contributed by atoms with Crippen molar-refractivity contribution >= 4 is 57.5 Å². The number of ether oxygens (including phenoxy) is 3. The van der Waals surface area contributed by atoms with E-state index >= 15 is 0 Å². The number of anilines is 1. The van der Waals surface area contributed by atoms with Crippen molar-refractivity contribution < 1.29 is 33.4 Å². The Morgan fingerprint density at radius 3 is 2.74 bits per heavy atom. The van der Waals surface area contributed by atoms with E-state index in [0.29, 0.717) is 22.7 Å². The molecule has 0 radical (unpaired) electrons. The van der Waals surface area contributed by atoms with Crippen molar-refractivity contribution in [2.75, 3.05) is 25.8 Å². The molecule has 1 N–H and O–H groups in total. The zero-order valence-electron chi connectivity index (χ0n) is 18.5. The van der Waals surface area contributed by atoms with Gasteiger partial charge in [-0.1, -0.05) is 18.2 Å². The summed E-state index contributed by atoms with van der Waals surface area (Å²) in [5.74, 6) is -0.311. The lowest BCUT2D eigenvalue weighted by atomic mass is 10.1. The molecule has 3 heterocycles. The average Bonchev–Trinajstić information content (AvgIpc) is 3.52. The molecule has 1 fully saturated rings. The van der Waals surface area contributed by atoms with Gasteiger partial charge in [-0.3, -0.25) is 24.1 Å². The Morgan fingerprint density at radius 2 is 1.91 bits per heavy atom. The summed E-state index contributed by atoms with van der Waals surface area (Å²) in [4.78, 5) is 50.3. The highest BCUT2D eigenvalue weighted by Crippen LogP contribution is 2.35. The first-order valence-corrected chi connectivity index (χ1v) is 11.3. The minimum atomic E-state index is -0.682. The molecule has 0 unspecified atom stereocenters. The first-order valence-electron chi connectivity index (χ1n) is 10.5. The van der Waals surface area contributed by atoms with Crippen LogP contribution in [0.15, 0.2) is 53.6 Å². The van der Waals surface area contributed by atoms with E-state index in [2.05, 4.69) is 10.1 Å². The highest BCUT2D eigenvalue weighted by atomic mass is 32.2. The van der Waals surface area contributed by atoms with Crippen LogP contribution in [0.5, 0.6) is 11.5 Å². The maximum absolute atomic E-state index is 12.8. The van der Waals surface area contributed by atoms with Gasteiger partial charge in [0.15, 0.2) is 11.5 Å². The summed E-state index contributed by atoms with van der Waals surface area (Å²) in [7, 11) is 1.19. The number of fused-ring (bicyclic) bond motifs is 2. The number of nitrogens with one attached hydrogen (secondary N) is 1. The van der Waals surface area contributed by atoms with E-state index in [9.17, 15) is 19.2 Å². The Morgan fingerprint density at radius 1 is 1.11 bits per heavy atom. The average molecular weight is 493 g/mol. The molecule has 2 aliphatic rings. The molecule has 2 aliphatic heterocycles. The number of esters is 1. The second kappa shape index (κ2) is 9.18. The Hall–Kier alpha value is -4.25. The number of nitrogens with zero attached hydrogens (tertiary/aromatic N) is 2. The molecule has 0 saturated carbocycles. The predicted molar refractivity (Wildman–Crippen MR) is 128 cm³/mol. The smallest absolute Gasteiger partial charge is 0.325 e. The minimum absolute atomic E-state index is 0.0205. The van der Waals surface area contributed by atoms with Gasteiger partial charge in [0.1, 0.15) is 13.1 Å². The number of carbonyl (C=O) groups is 4. The summed E-state index contributed by atoms with van der Waals surface area (Å²) in [6.07, 6.45) is 3.34. The Kier molecular flexibility index (Phi) is 5.91. The molecule has 10 nitrogen and oxygen atoms in total. The van der Waals surface area contributed by atoms with Gasteiger partial charge in [0.05, 0.1) is 12.0 Å². The molecule has 178 valence electrons. The van der Waals surface area contributed by atoms with Crippen LogP contribution in [0.3, 0.4) is 0 Å². The molecule has 11 heteroatoms. The van der Waals surface area contributed by atoms with Gasteiger partial charge in [-0.05, 0) is 36.0 Å². The van der Waals surface area contributed by atoms with Gasteiger partial charge in [0.25, 0.3) is 11.1 Å². The molecular formula is C24H19N3O7S. The molecule has 5 rings (SSSR count). The number of amides is 3. The van der Waals surface area contributed by atoms with Crippen LogP contribution in [0.1, 0.15) is 5.56 Å². The molecule has 1 aromatic heterocycles. The lowest BCUT2D eigenvalue weighted by Crippen LogP contribution is -2.34. The third-order valence-corrected chi connectivity index (χ3v) is 6.37. The van der Waals surface area contributed by atoms with Crippen LogP contribution in [0.25, 0.3) is 17.0 Å². The van der Waals surface area contributed by atoms with Crippen molar-refractivity contribution in [3.05, 3.63) is 59.1 Å². The number of carbonyl (C=O) groups excluding carboxylic acids is 4. The van der Waals surface area contributed by atoms with E-state index in [0.717, 1.165) is 27.6 Å². The topological polar surface area (TPSA) is 116 Å². The molecule has 1 saturated heterocycles. The zero-order valence-corrected chi connectivity index (χ0v) is 19.3. The third kappa shape index (κ3) is 4.45. The van der Waals surface area contributed by atoms with E-state index in [4.69, 9.17) is 9.47 Å². The van der Waals surface area contributed by atoms with Crippen molar-refractivity contribution in [3.63, 3.8) is 0 Å². The van der Waals surface area contributed by atoms with Crippen molar-refractivity contribution in [2.45, 2.75) is 6.54 Å². The highest BCUT2D eigenvalue weighted by Gasteiger charge is 2.36. The molecule has 0 atom stereocenters. The van der Waals surface area contributed by atoms with E-state index in [-0.39, 0.29) is 24.2 Å². The minimum Gasteiger partial charge on any atom is -0.468 e. The van der Waals surface area contributed by atoms with Gasteiger partial charge in [-0.2, -0.15) is 0 Å². The Bertz CT molecular complexity index is 1410. The van der Waals surface area contributed by atoms with Crippen LogP contribution in [-0.2, 0) is 25.7 Å². The number of imide groups is 1. The first kappa shape index (κ1) is 22.5. The second-order valence-electron chi connectivity index (χ2n) is 7.69. The highest BCUT2D eigenvalue weighted by molar-refractivity contribution is 8.18. The number of para-hydroxylation sites is 1. The summed E-state index contributed by atoms with van der Waals surface area (Å²) in [6, 6.07) is 12.6. The molecule has 3 amide bonds. The van der Waals surface area contributed by atoms with E-state index in [1.54, 1.807) is 35.0 Å². The largest absolute Gasteiger partial charge is 0.468 e. The number of rotatable bonds is 6. The lowest BCUT2D eigenvalue weighted by Gasteiger charge is -2.09. The van der Waals surface area contributed by atoms with Crippen LogP contribution in [-0.4, -0.2) is 52.9 Å². The molecule has 2 aromatic carbocycles. The molecule has 0 bridgehead atoms. The van der Waals surface area contributed by atoms with Crippen LogP contribution in [0.4, 0.5) is 10.5 Å². The van der Waals surface area contributed by atoms with E-state index < -0.39 is 23.7 Å². The van der Waals surface area contributed by atoms with Crippen molar-refractivity contribution in [3.8, 4) is 11.5 Å². The number of hydrogen-bond acceptors (Lipinski definition) is 8. The van der Waals surface area contributed by atoms with Crippen molar-refractivity contribution in [1.82, 2.24) is 9.47 Å². The number of benzene rings is 2. The maximum atomic E-state index is 12.8. The van der Waals surface area contributed by atoms with Crippen molar-refractivity contribution in [2.24, 2.45) is 0 Å². The SMILES string of the molecule is COC(=O)CN1C(=O)S/C(=C/c2cn(CC(=O)Nc3ccc4c(c3)OCO4)c3ccccc23)C1=O. The number of methoxy groups -OCH3 is 1. The third-order valence-electron chi connectivity index (χ3n) is 5.46. The van der Waals surface area contributed by atoms with Crippen LogP contribution >= 0.6 is 11.8 Å². The van der Waals surface area contributed by atoms with E-state index in [1.807, 2.05) is 24.3 Å². The number of aromatic nitrogens is 1. The summed E-state index contributed by atoms with van der Waals surface area (Å²) in [5.41, 5.74) is 2.03. The fraction of sp³-hybridized carbons (Fsp3) is 0.167. The first-order chi connectivity index (χ1) is 16.9. The normalized spacial score (nSPS) is 15.8. The van der Waals surface area contributed by atoms with E-state index in [1.165, 1.54) is 7.11 Å². The van der Waals surface area contributed by atoms with Crippen LogP contribution in [0.2, 0.25) is 0 Å². The number of thioether (sulfide) groups is 1. The fourth-order valence-electron chi connectivity index (χ4n) is 3.82. The molecular weight excluding hydrogens is 474 g/mol. The molecule has 3 aromatic rings. The summed E-state index contributed by atoms with van der Waals surface area (Å²) in [5, 5.41) is 3.11. The Balaban J connectivity index is 1.38. The van der Waals surface area contributed by atoms with Crippen molar-refractivity contribution in [1.29, 1.82) is 0 Å². The summed E-state index contributed by atoms with van der Waals surface area (Å²) >= 11 is 0.752. The van der Waals surface area contributed by atoms with Crippen LogP contribution < -0.4 is 14.8 Å². The second-order valence-corrected chi connectivity index (χ2v) is 8.68. The zero-order chi connectivity index (χ0) is 24.5. The van der Waals surface area contributed by atoms with Gasteiger partial charge < -0.3 is 24.1 Å². The number of hydrogen-bond donors (Lipinski definition) is 1. The molecule has 0 spiro atoms. The van der Waals surface area contributed by atoms with Gasteiger partial charge in [-0.15, -0.1) is 0 Å². The summed E-state index contributed by atoms with van der Waals surface area (Å²) < 4.78 is 17.0. The quantitative estimate of drug-likeness (QED) is 0.411. The van der Waals surface area contributed by atoms with Gasteiger partial charge >= 0.3 is 5.97 Å². The van der Waals surface area contributed by atoms with Crippen LogP contribution in [0, 0.1) is 0 Å².